The van der Waals surface area contributed by atoms with E-state index in [9.17, 15) is 4.79 Å². The molecule has 3 aromatic carbocycles. The zero-order chi connectivity index (χ0) is 24.2. The van der Waals surface area contributed by atoms with E-state index in [1.807, 2.05) is 42.5 Å². The fourth-order valence-corrected chi connectivity index (χ4v) is 3.82. The van der Waals surface area contributed by atoms with Crippen LogP contribution in [0.25, 0.3) is 0 Å². The van der Waals surface area contributed by atoms with Crippen molar-refractivity contribution in [3.63, 3.8) is 0 Å². The molecule has 0 aliphatic rings. The lowest BCUT2D eigenvalue weighted by atomic mass is 10.1. The predicted molar refractivity (Wildman–Crippen MR) is 142 cm³/mol. The zero-order valence-corrected chi connectivity index (χ0v) is 20.6. The van der Waals surface area contributed by atoms with Crippen LogP contribution in [0.5, 0.6) is 0 Å². The van der Waals surface area contributed by atoms with Crippen LogP contribution in [0.15, 0.2) is 72.8 Å². The fourth-order valence-electron chi connectivity index (χ4n) is 3.82. The lowest BCUT2D eigenvalue weighted by Crippen LogP contribution is -2.25. The topological polar surface area (TPSA) is 53.6 Å². The first-order valence-electron chi connectivity index (χ1n) is 12.3. The first-order valence-corrected chi connectivity index (χ1v) is 12.3. The number of hydrogen-bond donors (Lipinski definition) is 2. The van der Waals surface area contributed by atoms with Gasteiger partial charge in [-0.15, -0.1) is 0 Å². The Hall–Kier alpha value is -3.31. The number of esters is 1. The third kappa shape index (κ3) is 7.63. The smallest absolute Gasteiger partial charge is 0.339 e. The highest BCUT2D eigenvalue weighted by molar-refractivity contribution is 5.96. The Morgan fingerprint density at radius 3 is 1.85 bits per heavy atom. The molecule has 0 aromatic heterocycles. The summed E-state index contributed by atoms with van der Waals surface area (Å²) in [5, 5.41) is 6.77. The number of para-hydroxylation sites is 1. The molecular formula is C29H37N3O2. The van der Waals surface area contributed by atoms with Gasteiger partial charge in [-0.25, -0.2) is 4.79 Å². The molecule has 3 rings (SSSR count). The van der Waals surface area contributed by atoms with E-state index < -0.39 is 0 Å². The minimum Gasteiger partial charge on any atom is -0.465 e. The Kier molecular flexibility index (Phi) is 9.98. The molecule has 2 N–H and O–H groups in total. The van der Waals surface area contributed by atoms with Crippen molar-refractivity contribution < 1.29 is 9.53 Å². The summed E-state index contributed by atoms with van der Waals surface area (Å²) < 4.78 is 4.87. The van der Waals surface area contributed by atoms with Gasteiger partial charge in [0.2, 0.25) is 0 Å². The zero-order valence-electron chi connectivity index (χ0n) is 20.6. The molecule has 0 aliphatic carbocycles. The molecule has 0 fully saturated rings. The number of benzene rings is 3. The van der Waals surface area contributed by atoms with Crippen molar-refractivity contribution in [1.29, 1.82) is 0 Å². The molecule has 0 bridgehead atoms. The minimum absolute atomic E-state index is 0.358. The van der Waals surface area contributed by atoms with Crippen molar-refractivity contribution in [1.82, 2.24) is 4.90 Å². The molecule has 0 saturated carbocycles. The van der Waals surface area contributed by atoms with Crippen LogP contribution < -0.4 is 10.6 Å². The van der Waals surface area contributed by atoms with Crippen molar-refractivity contribution in [2.75, 3.05) is 30.8 Å². The van der Waals surface area contributed by atoms with Crippen LogP contribution in [-0.2, 0) is 11.3 Å². The van der Waals surface area contributed by atoms with Gasteiger partial charge in [-0.05, 0) is 80.0 Å². The van der Waals surface area contributed by atoms with Crippen molar-refractivity contribution in [2.45, 2.75) is 46.1 Å². The maximum absolute atomic E-state index is 12.0. The Balaban J connectivity index is 1.59. The third-order valence-corrected chi connectivity index (χ3v) is 5.80. The molecule has 34 heavy (non-hydrogen) atoms. The van der Waals surface area contributed by atoms with Crippen LogP contribution >= 0.6 is 0 Å². The van der Waals surface area contributed by atoms with Gasteiger partial charge in [0.05, 0.1) is 18.4 Å². The van der Waals surface area contributed by atoms with E-state index in [2.05, 4.69) is 53.6 Å². The molecule has 0 radical (unpaired) electrons. The summed E-state index contributed by atoms with van der Waals surface area (Å²) in [7, 11) is 1.39. The van der Waals surface area contributed by atoms with Crippen LogP contribution in [-0.4, -0.2) is 31.1 Å². The summed E-state index contributed by atoms with van der Waals surface area (Å²) in [4.78, 5) is 14.6. The second kappa shape index (κ2) is 13.4. The van der Waals surface area contributed by atoms with E-state index in [1.165, 1.54) is 51.4 Å². The number of anilines is 4. The summed E-state index contributed by atoms with van der Waals surface area (Å²) in [5.74, 6) is -0.358. The van der Waals surface area contributed by atoms with Gasteiger partial charge >= 0.3 is 5.97 Å². The summed E-state index contributed by atoms with van der Waals surface area (Å²) in [6.45, 7) is 7.85. The van der Waals surface area contributed by atoms with E-state index in [4.69, 9.17) is 4.74 Å². The second-order valence-electron chi connectivity index (χ2n) is 8.54. The first-order chi connectivity index (χ1) is 16.6. The molecular weight excluding hydrogens is 422 g/mol. The van der Waals surface area contributed by atoms with Crippen LogP contribution in [0.1, 0.15) is 55.5 Å². The molecule has 5 heteroatoms. The molecule has 3 aromatic rings. The summed E-state index contributed by atoms with van der Waals surface area (Å²) in [6, 6.07) is 24.1. The maximum Gasteiger partial charge on any atom is 0.339 e. The average Bonchev–Trinajstić information content (AvgIpc) is 2.87. The average molecular weight is 460 g/mol. The highest BCUT2D eigenvalue weighted by atomic mass is 16.5. The lowest BCUT2D eigenvalue weighted by molar-refractivity contribution is 0.0602. The van der Waals surface area contributed by atoms with Gasteiger partial charge < -0.3 is 15.4 Å². The van der Waals surface area contributed by atoms with Gasteiger partial charge in [-0.3, -0.25) is 4.90 Å². The monoisotopic (exact) mass is 459 g/mol. The Morgan fingerprint density at radius 1 is 0.765 bits per heavy atom. The maximum atomic E-state index is 12.0. The number of ether oxygens (including phenoxy) is 1. The molecule has 0 spiro atoms. The van der Waals surface area contributed by atoms with E-state index in [-0.39, 0.29) is 5.97 Å². The van der Waals surface area contributed by atoms with Crippen LogP contribution in [0, 0.1) is 0 Å². The molecule has 180 valence electrons. The van der Waals surface area contributed by atoms with Crippen molar-refractivity contribution >= 4 is 28.7 Å². The van der Waals surface area contributed by atoms with Crippen LogP contribution in [0.3, 0.4) is 0 Å². The standard InChI is InChI=1S/C29H37N3O2/c1-4-6-20-32(21-7-5-2)22-23-12-14-24(15-13-23)30-25-16-18-26(19-17-25)31-28-11-9-8-10-27(28)29(33)34-3/h8-19,30-31H,4-7,20-22H2,1-3H3. The minimum atomic E-state index is -0.358. The van der Waals surface area contributed by atoms with Crippen molar-refractivity contribution in [2.24, 2.45) is 0 Å². The Morgan fingerprint density at radius 2 is 1.29 bits per heavy atom. The molecule has 0 aliphatic heterocycles. The van der Waals surface area contributed by atoms with Gasteiger partial charge in [-0.2, -0.15) is 0 Å². The summed E-state index contributed by atoms with van der Waals surface area (Å²) in [5.41, 5.74) is 5.55. The SMILES string of the molecule is CCCCN(CCCC)Cc1ccc(Nc2ccc(Nc3ccccc3C(=O)OC)cc2)cc1. The number of hydrogen-bond acceptors (Lipinski definition) is 5. The third-order valence-electron chi connectivity index (χ3n) is 5.80. The number of unbranched alkanes of at least 4 members (excludes halogenated alkanes) is 2. The Labute approximate surface area is 204 Å². The number of carbonyl (C=O) groups is 1. The molecule has 0 heterocycles. The summed E-state index contributed by atoms with van der Waals surface area (Å²) in [6.07, 6.45) is 4.97. The van der Waals surface area contributed by atoms with E-state index in [0.717, 1.165) is 29.3 Å². The normalized spacial score (nSPS) is 10.8. The van der Waals surface area contributed by atoms with Gasteiger partial charge in [0.25, 0.3) is 0 Å². The van der Waals surface area contributed by atoms with Crippen molar-refractivity contribution in [3.05, 3.63) is 83.9 Å². The second-order valence-corrected chi connectivity index (χ2v) is 8.54. The summed E-state index contributed by atoms with van der Waals surface area (Å²) >= 11 is 0. The first kappa shape index (κ1) is 25.3. The van der Waals surface area contributed by atoms with Crippen LogP contribution in [0.4, 0.5) is 22.7 Å². The molecule has 0 atom stereocenters. The number of rotatable bonds is 13. The lowest BCUT2D eigenvalue weighted by Gasteiger charge is -2.22. The molecule has 0 saturated heterocycles. The van der Waals surface area contributed by atoms with Gasteiger partial charge in [0.1, 0.15) is 0 Å². The largest absolute Gasteiger partial charge is 0.465 e. The number of carbonyl (C=O) groups excluding carboxylic acids is 1. The van der Waals surface area contributed by atoms with Gasteiger partial charge in [-0.1, -0.05) is 51.0 Å². The Bertz CT molecular complexity index is 1010. The highest BCUT2D eigenvalue weighted by Gasteiger charge is 2.11. The molecule has 5 nitrogen and oxygen atoms in total. The van der Waals surface area contributed by atoms with Gasteiger partial charge in [0.15, 0.2) is 0 Å². The van der Waals surface area contributed by atoms with Gasteiger partial charge in [0, 0.05) is 23.6 Å². The van der Waals surface area contributed by atoms with Crippen molar-refractivity contribution in [3.8, 4) is 0 Å². The van der Waals surface area contributed by atoms with E-state index in [0.29, 0.717) is 5.56 Å². The number of methoxy groups -OCH3 is 1. The van der Waals surface area contributed by atoms with Crippen LogP contribution in [0.2, 0.25) is 0 Å². The molecule has 0 amide bonds. The molecule has 0 unspecified atom stereocenters. The quantitative estimate of drug-likeness (QED) is 0.261. The predicted octanol–water partition coefficient (Wildman–Crippen LogP) is 7.36. The number of nitrogens with one attached hydrogen (secondary N) is 2. The fraction of sp³-hybridized carbons (Fsp3) is 0.345. The number of nitrogens with zero attached hydrogens (tertiary/aromatic N) is 1. The van der Waals surface area contributed by atoms with E-state index in [1.54, 1.807) is 6.07 Å². The van der Waals surface area contributed by atoms with E-state index >= 15 is 0 Å². The highest BCUT2D eigenvalue weighted by Crippen LogP contribution is 2.24.